The van der Waals surface area contributed by atoms with Crippen molar-refractivity contribution in [3.8, 4) is 0 Å². The Morgan fingerprint density at radius 1 is 0.925 bits per heavy atom. The second kappa shape index (κ2) is 14.2. The topological polar surface area (TPSA) is 100 Å². The van der Waals surface area contributed by atoms with Crippen LogP contribution in [0.15, 0.2) is 71.9 Å². The van der Waals surface area contributed by atoms with E-state index >= 15 is 0 Å². The highest BCUT2D eigenvalue weighted by Crippen LogP contribution is 2.38. The Hall–Kier alpha value is -4.27. The van der Waals surface area contributed by atoms with E-state index in [0.29, 0.717) is 25.0 Å². The largest absolute Gasteiger partial charge is 0.416 e. The van der Waals surface area contributed by atoms with Gasteiger partial charge in [-0.3, -0.25) is 0 Å². The number of hydrogen-bond acceptors (Lipinski definition) is 9. The average Bonchev–Trinajstić information content (AvgIpc) is 3.83. The molecule has 2 saturated heterocycles. The lowest BCUT2D eigenvalue weighted by Crippen LogP contribution is -2.39. The van der Waals surface area contributed by atoms with Crippen LogP contribution in [-0.2, 0) is 35.6 Å². The first-order valence-corrected chi connectivity index (χ1v) is 19.9. The molecular formula is C38H40ClF3N8O2S. The molecule has 3 aliphatic heterocycles. The minimum absolute atomic E-state index is 0.174. The van der Waals surface area contributed by atoms with Crippen LogP contribution in [0.4, 0.5) is 24.7 Å². The van der Waals surface area contributed by atoms with E-state index in [1.807, 2.05) is 12.1 Å². The molecule has 8 rings (SSSR count). The summed E-state index contributed by atoms with van der Waals surface area (Å²) in [5, 5.41) is 7.20. The summed E-state index contributed by atoms with van der Waals surface area (Å²) in [6.45, 7) is 3.81. The van der Waals surface area contributed by atoms with Gasteiger partial charge in [0, 0.05) is 54.7 Å². The lowest BCUT2D eigenvalue weighted by Gasteiger charge is -2.37. The Bertz CT molecular complexity index is 2240. The van der Waals surface area contributed by atoms with Gasteiger partial charge < -0.3 is 14.7 Å². The predicted molar refractivity (Wildman–Crippen MR) is 198 cm³/mol. The molecule has 0 aliphatic carbocycles. The van der Waals surface area contributed by atoms with Gasteiger partial charge in [0.05, 0.1) is 27.7 Å². The molecule has 3 aliphatic rings. The Morgan fingerprint density at radius 2 is 1.70 bits per heavy atom. The van der Waals surface area contributed by atoms with Gasteiger partial charge in [0.25, 0.3) is 10.0 Å². The number of piperidine rings is 1. The number of halogens is 4. The molecule has 10 nitrogen and oxygen atoms in total. The number of rotatable bonds is 8. The zero-order valence-corrected chi connectivity index (χ0v) is 30.9. The molecule has 0 amide bonds. The van der Waals surface area contributed by atoms with Crippen LogP contribution >= 0.6 is 11.6 Å². The van der Waals surface area contributed by atoms with E-state index in [1.165, 1.54) is 12.8 Å². The third-order valence-electron chi connectivity index (χ3n) is 10.9. The molecule has 53 heavy (non-hydrogen) atoms. The van der Waals surface area contributed by atoms with Crippen LogP contribution in [0, 0.1) is 0 Å². The van der Waals surface area contributed by atoms with Gasteiger partial charge in [0.1, 0.15) is 18.0 Å². The molecule has 0 saturated carbocycles. The summed E-state index contributed by atoms with van der Waals surface area (Å²) in [6.07, 6.45) is 3.00. The van der Waals surface area contributed by atoms with E-state index in [2.05, 4.69) is 56.1 Å². The van der Waals surface area contributed by atoms with E-state index in [4.69, 9.17) is 21.6 Å². The summed E-state index contributed by atoms with van der Waals surface area (Å²) in [5.41, 5.74) is 2.29. The highest BCUT2D eigenvalue weighted by molar-refractivity contribution is 7.89. The van der Waals surface area contributed by atoms with E-state index in [-0.39, 0.29) is 10.8 Å². The fourth-order valence-electron chi connectivity index (χ4n) is 8.09. The van der Waals surface area contributed by atoms with Crippen molar-refractivity contribution in [3.63, 3.8) is 0 Å². The molecule has 15 heteroatoms. The SMILES string of the molecule is CN1CCC[C@H]1CCc1nc2c(c(N3CCCC(c4ncn(S(=O)(=O)c5ccc(C(F)(F)F)cc5)n4)C3)n1)CCN(c1cccc3cccc(Cl)c13)C2. The van der Waals surface area contributed by atoms with Crippen molar-refractivity contribution in [2.75, 3.05) is 43.0 Å². The molecule has 3 aromatic carbocycles. The van der Waals surface area contributed by atoms with Crippen molar-refractivity contribution in [2.24, 2.45) is 0 Å². The summed E-state index contributed by atoms with van der Waals surface area (Å²) >= 11 is 6.75. The van der Waals surface area contributed by atoms with Crippen molar-refractivity contribution in [2.45, 2.75) is 74.5 Å². The molecule has 0 bridgehead atoms. The number of aromatic nitrogens is 5. The van der Waals surface area contributed by atoms with Gasteiger partial charge >= 0.3 is 6.18 Å². The number of likely N-dealkylation sites (tertiary alicyclic amines) is 1. The highest BCUT2D eigenvalue weighted by atomic mass is 35.5. The molecule has 5 heterocycles. The van der Waals surface area contributed by atoms with Crippen LogP contribution in [-0.4, -0.2) is 76.7 Å². The molecule has 2 fully saturated rings. The number of alkyl halides is 3. The van der Waals surface area contributed by atoms with Crippen LogP contribution < -0.4 is 9.80 Å². The lowest BCUT2D eigenvalue weighted by atomic mass is 9.95. The van der Waals surface area contributed by atoms with E-state index in [1.54, 1.807) is 0 Å². The normalized spacial score (nSPS) is 19.9. The second-order valence-corrected chi connectivity index (χ2v) is 16.5. The van der Waals surface area contributed by atoms with Crippen molar-refractivity contribution in [1.29, 1.82) is 0 Å². The third kappa shape index (κ3) is 7.08. The highest BCUT2D eigenvalue weighted by Gasteiger charge is 2.33. The fourth-order valence-corrected chi connectivity index (χ4v) is 9.42. The zero-order valence-electron chi connectivity index (χ0n) is 29.3. The molecule has 1 unspecified atom stereocenters. The van der Waals surface area contributed by atoms with Crippen LogP contribution in [0.5, 0.6) is 0 Å². The van der Waals surface area contributed by atoms with Crippen LogP contribution in [0.2, 0.25) is 5.02 Å². The summed E-state index contributed by atoms with van der Waals surface area (Å²) in [6, 6.07) is 16.1. The van der Waals surface area contributed by atoms with E-state index < -0.39 is 21.8 Å². The number of aryl methyl sites for hydroxylation is 1. The lowest BCUT2D eigenvalue weighted by molar-refractivity contribution is -0.137. The van der Waals surface area contributed by atoms with Crippen LogP contribution in [0.3, 0.4) is 0 Å². The van der Waals surface area contributed by atoms with Gasteiger partial charge in [-0.2, -0.15) is 21.6 Å². The number of hydrogen-bond donors (Lipinski definition) is 0. The first-order valence-electron chi connectivity index (χ1n) is 18.1. The Morgan fingerprint density at radius 3 is 2.45 bits per heavy atom. The van der Waals surface area contributed by atoms with Crippen molar-refractivity contribution < 1.29 is 21.6 Å². The number of anilines is 2. The number of nitrogens with zero attached hydrogens (tertiary/aromatic N) is 8. The smallest absolute Gasteiger partial charge is 0.365 e. The fraction of sp³-hybridized carbons (Fsp3) is 0.421. The zero-order chi connectivity index (χ0) is 36.9. The summed E-state index contributed by atoms with van der Waals surface area (Å²) < 4.78 is 66.6. The van der Waals surface area contributed by atoms with Gasteiger partial charge in [-0.05, 0) is 93.9 Å². The van der Waals surface area contributed by atoms with Gasteiger partial charge in [-0.25, -0.2) is 15.0 Å². The van der Waals surface area contributed by atoms with Gasteiger partial charge in [0.15, 0.2) is 5.82 Å². The summed E-state index contributed by atoms with van der Waals surface area (Å²) in [7, 11) is -2.06. The molecular weight excluding hydrogens is 725 g/mol. The monoisotopic (exact) mass is 764 g/mol. The molecule has 0 radical (unpaired) electrons. The second-order valence-electron chi connectivity index (χ2n) is 14.3. The minimum Gasteiger partial charge on any atom is -0.365 e. The molecule has 278 valence electrons. The Kier molecular flexibility index (Phi) is 9.56. The first-order chi connectivity index (χ1) is 25.5. The van der Waals surface area contributed by atoms with Crippen LogP contribution in [0.1, 0.15) is 66.5 Å². The van der Waals surface area contributed by atoms with E-state index in [9.17, 15) is 21.6 Å². The molecule has 0 spiro atoms. The van der Waals surface area contributed by atoms with Gasteiger partial charge in [-0.15, -0.1) is 9.19 Å². The third-order valence-corrected chi connectivity index (χ3v) is 12.8. The molecule has 2 aromatic heterocycles. The quantitative estimate of drug-likeness (QED) is 0.164. The van der Waals surface area contributed by atoms with Crippen molar-refractivity contribution in [1.82, 2.24) is 29.0 Å². The minimum atomic E-state index is -4.57. The standard InChI is InChI=1S/C38H40ClF3N8O2S/c1-47-19-5-9-28(47)14-17-34-44-32-23-48(33-11-3-7-25-6-2-10-31(39)35(25)33)21-18-30(32)37(45-34)49-20-4-8-26(22-49)36-43-24-50(46-36)53(51,52)29-15-12-27(13-16-29)38(40,41)42/h2-3,6-7,10-13,15-16,24,26,28H,4-5,8-9,14,17-23H2,1H3/t26?,28-/m0/s1. The maximum atomic E-state index is 13.3. The van der Waals surface area contributed by atoms with Gasteiger partial charge in [0.2, 0.25) is 0 Å². The van der Waals surface area contributed by atoms with Crippen LogP contribution in [0.25, 0.3) is 10.8 Å². The average molecular weight is 765 g/mol. The van der Waals surface area contributed by atoms with E-state index in [0.717, 1.165) is 131 Å². The summed E-state index contributed by atoms with van der Waals surface area (Å²) in [5.74, 6) is 1.94. The first kappa shape index (κ1) is 35.7. The molecule has 0 N–H and O–H groups in total. The predicted octanol–water partition coefficient (Wildman–Crippen LogP) is 7.10. The maximum Gasteiger partial charge on any atom is 0.416 e. The molecule has 2 atom stereocenters. The number of fused-ring (bicyclic) bond motifs is 2. The Labute approximate surface area is 311 Å². The summed E-state index contributed by atoms with van der Waals surface area (Å²) in [4.78, 5) is 21.6. The van der Waals surface area contributed by atoms with Crippen molar-refractivity contribution in [3.05, 3.63) is 100 Å². The Balaban J connectivity index is 1.07. The number of benzene rings is 3. The van der Waals surface area contributed by atoms with Gasteiger partial charge in [-0.1, -0.05) is 35.9 Å². The van der Waals surface area contributed by atoms with Crippen molar-refractivity contribution >= 4 is 43.9 Å². The maximum absolute atomic E-state index is 13.3. The molecule has 5 aromatic rings.